The molecular formula is C13H16N2O2. The first kappa shape index (κ1) is 11.8. The molecule has 17 heavy (non-hydrogen) atoms. The van der Waals surface area contributed by atoms with Gasteiger partial charge in [-0.1, -0.05) is 30.3 Å². The van der Waals surface area contributed by atoms with Crippen molar-refractivity contribution < 1.29 is 9.84 Å². The van der Waals surface area contributed by atoms with E-state index in [1.165, 1.54) is 0 Å². The Kier molecular flexibility index (Phi) is 3.90. The zero-order valence-corrected chi connectivity index (χ0v) is 9.76. The van der Waals surface area contributed by atoms with Gasteiger partial charge < -0.3 is 14.8 Å². The molecule has 2 aromatic rings. The maximum absolute atomic E-state index is 9.02. The van der Waals surface area contributed by atoms with Gasteiger partial charge in [-0.2, -0.15) is 0 Å². The fourth-order valence-electron chi connectivity index (χ4n) is 1.72. The molecule has 0 saturated heterocycles. The predicted molar refractivity (Wildman–Crippen MR) is 64.4 cm³/mol. The van der Waals surface area contributed by atoms with Crippen molar-refractivity contribution in [3.8, 4) is 0 Å². The predicted octanol–water partition coefficient (Wildman–Crippen LogP) is 2.03. The first-order valence-corrected chi connectivity index (χ1v) is 5.66. The van der Waals surface area contributed by atoms with E-state index < -0.39 is 0 Å². The molecule has 4 heteroatoms. The van der Waals surface area contributed by atoms with Crippen molar-refractivity contribution in [2.24, 2.45) is 0 Å². The minimum absolute atomic E-state index is 0.0410. The Hall–Kier alpha value is -1.65. The van der Waals surface area contributed by atoms with Crippen molar-refractivity contribution in [1.82, 2.24) is 9.97 Å². The molecule has 0 aliphatic heterocycles. The van der Waals surface area contributed by atoms with Crippen LogP contribution in [0.4, 0.5) is 0 Å². The molecule has 2 N–H and O–H groups in total. The fourth-order valence-corrected chi connectivity index (χ4v) is 1.72. The molecule has 1 unspecified atom stereocenters. The van der Waals surface area contributed by atoms with Gasteiger partial charge in [-0.05, 0) is 12.5 Å². The second kappa shape index (κ2) is 5.61. The standard InChI is InChI=1S/C13H16N2O2/c1-2-17-12(10-6-4-3-5-7-10)13-14-8-11(9-16)15-13/h3-8,12,16H,2,9H2,1H3,(H,14,15). The lowest BCUT2D eigenvalue weighted by molar-refractivity contribution is 0.0855. The topological polar surface area (TPSA) is 58.1 Å². The van der Waals surface area contributed by atoms with Crippen LogP contribution in [0, 0.1) is 0 Å². The molecule has 1 atom stereocenters. The lowest BCUT2D eigenvalue weighted by Gasteiger charge is -2.14. The second-order valence-corrected chi connectivity index (χ2v) is 3.70. The van der Waals surface area contributed by atoms with E-state index in [1.54, 1.807) is 6.20 Å². The van der Waals surface area contributed by atoms with E-state index in [2.05, 4.69) is 9.97 Å². The summed E-state index contributed by atoms with van der Waals surface area (Å²) in [6.45, 7) is 2.52. The summed E-state index contributed by atoms with van der Waals surface area (Å²) < 4.78 is 5.70. The molecule has 0 saturated carbocycles. The average Bonchev–Trinajstić information content (AvgIpc) is 2.85. The first-order chi connectivity index (χ1) is 8.35. The highest BCUT2D eigenvalue weighted by Crippen LogP contribution is 2.23. The molecule has 4 nitrogen and oxygen atoms in total. The van der Waals surface area contributed by atoms with Gasteiger partial charge in [0.15, 0.2) is 0 Å². The van der Waals surface area contributed by atoms with E-state index in [4.69, 9.17) is 9.84 Å². The molecule has 0 aliphatic carbocycles. The number of rotatable bonds is 5. The summed E-state index contributed by atoms with van der Waals surface area (Å²) in [6.07, 6.45) is 1.42. The number of aromatic amines is 1. The van der Waals surface area contributed by atoms with Crippen LogP contribution in [-0.4, -0.2) is 21.7 Å². The molecule has 0 fully saturated rings. The number of aromatic nitrogens is 2. The van der Waals surface area contributed by atoms with Gasteiger partial charge in [0.05, 0.1) is 18.5 Å². The minimum atomic E-state index is -0.207. The van der Waals surface area contributed by atoms with Crippen LogP contribution in [0.1, 0.15) is 30.1 Å². The molecule has 2 rings (SSSR count). The largest absolute Gasteiger partial charge is 0.390 e. The van der Waals surface area contributed by atoms with Gasteiger partial charge in [0.2, 0.25) is 0 Å². The third-order valence-electron chi connectivity index (χ3n) is 2.50. The Labute approximate surface area is 100 Å². The van der Waals surface area contributed by atoms with Crippen molar-refractivity contribution in [2.75, 3.05) is 6.61 Å². The number of benzene rings is 1. The Balaban J connectivity index is 2.28. The SMILES string of the molecule is CCOC(c1ccccc1)c1ncc(CO)[nH]1. The zero-order chi connectivity index (χ0) is 12.1. The number of nitrogens with zero attached hydrogens (tertiary/aromatic N) is 1. The maximum atomic E-state index is 9.02. The number of hydrogen-bond donors (Lipinski definition) is 2. The van der Waals surface area contributed by atoms with Crippen molar-refractivity contribution >= 4 is 0 Å². The number of aliphatic hydroxyl groups is 1. The third kappa shape index (κ3) is 2.72. The normalized spacial score (nSPS) is 12.6. The second-order valence-electron chi connectivity index (χ2n) is 3.70. The molecular weight excluding hydrogens is 216 g/mol. The Morgan fingerprint density at radius 1 is 1.35 bits per heavy atom. The lowest BCUT2D eigenvalue weighted by atomic mass is 10.1. The van der Waals surface area contributed by atoms with Crippen LogP contribution >= 0.6 is 0 Å². The lowest BCUT2D eigenvalue weighted by Crippen LogP contribution is -2.08. The maximum Gasteiger partial charge on any atom is 0.140 e. The Morgan fingerprint density at radius 2 is 2.12 bits per heavy atom. The van der Waals surface area contributed by atoms with Gasteiger partial charge in [-0.15, -0.1) is 0 Å². The highest BCUT2D eigenvalue weighted by atomic mass is 16.5. The monoisotopic (exact) mass is 232 g/mol. The van der Waals surface area contributed by atoms with E-state index in [1.807, 2.05) is 37.3 Å². The van der Waals surface area contributed by atoms with Crippen LogP contribution in [0.15, 0.2) is 36.5 Å². The van der Waals surface area contributed by atoms with E-state index in [9.17, 15) is 0 Å². The van der Waals surface area contributed by atoms with Crippen LogP contribution in [-0.2, 0) is 11.3 Å². The number of imidazole rings is 1. The van der Waals surface area contributed by atoms with Gasteiger partial charge in [0.25, 0.3) is 0 Å². The van der Waals surface area contributed by atoms with E-state index in [0.717, 1.165) is 11.4 Å². The average molecular weight is 232 g/mol. The summed E-state index contributed by atoms with van der Waals surface area (Å²) in [5.74, 6) is 0.724. The molecule has 0 bridgehead atoms. The number of hydrogen-bond acceptors (Lipinski definition) is 3. The van der Waals surface area contributed by atoms with Crippen LogP contribution in [0.25, 0.3) is 0 Å². The van der Waals surface area contributed by atoms with Crippen molar-refractivity contribution in [1.29, 1.82) is 0 Å². The van der Waals surface area contributed by atoms with Crippen LogP contribution < -0.4 is 0 Å². The highest BCUT2D eigenvalue weighted by Gasteiger charge is 2.17. The molecule has 0 radical (unpaired) electrons. The van der Waals surface area contributed by atoms with Gasteiger partial charge in [-0.3, -0.25) is 0 Å². The van der Waals surface area contributed by atoms with Gasteiger partial charge in [0, 0.05) is 6.61 Å². The van der Waals surface area contributed by atoms with Crippen LogP contribution in [0.3, 0.4) is 0 Å². The Bertz CT molecular complexity index is 453. The smallest absolute Gasteiger partial charge is 0.140 e. The first-order valence-electron chi connectivity index (χ1n) is 5.66. The fraction of sp³-hybridized carbons (Fsp3) is 0.308. The van der Waals surface area contributed by atoms with E-state index in [-0.39, 0.29) is 12.7 Å². The van der Waals surface area contributed by atoms with Crippen molar-refractivity contribution in [3.05, 3.63) is 53.6 Å². The molecule has 1 heterocycles. The molecule has 0 spiro atoms. The molecule has 1 aromatic carbocycles. The summed E-state index contributed by atoms with van der Waals surface area (Å²) in [6, 6.07) is 9.91. The highest BCUT2D eigenvalue weighted by molar-refractivity contribution is 5.23. The van der Waals surface area contributed by atoms with Gasteiger partial charge in [-0.25, -0.2) is 4.98 Å². The van der Waals surface area contributed by atoms with E-state index >= 15 is 0 Å². The molecule has 1 aromatic heterocycles. The number of nitrogens with one attached hydrogen (secondary N) is 1. The number of aliphatic hydroxyl groups excluding tert-OH is 1. The van der Waals surface area contributed by atoms with Gasteiger partial charge in [0.1, 0.15) is 11.9 Å². The van der Waals surface area contributed by atoms with E-state index in [0.29, 0.717) is 12.3 Å². The summed E-state index contributed by atoms with van der Waals surface area (Å²) in [5, 5.41) is 9.02. The summed E-state index contributed by atoms with van der Waals surface area (Å²) in [7, 11) is 0. The van der Waals surface area contributed by atoms with Crippen molar-refractivity contribution in [2.45, 2.75) is 19.6 Å². The Morgan fingerprint density at radius 3 is 2.71 bits per heavy atom. The minimum Gasteiger partial charge on any atom is -0.390 e. The quantitative estimate of drug-likeness (QED) is 0.829. The zero-order valence-electron chi connectivity index (χ0n) is 9.76. The molecule has 90 valence electrons. The van der Waals surface area contributed by atoms with Crippen LogP contribution in [0.2, 0.25) is 0 Å². The summed E-state index contributed by atoms with van der Waals surface area (Å²) in [4.78, 5) is 7.30. The number of H-pyrrole nitrogens is 1. The van der Waals surface area contributed by atoms with Gasteiger partial charge >= 0.3 is 0 Å². The van der Waals surface area contributed by atoms with Crippen LogP contribution in [0.5, 0.6) is 0 Å². The summed E-state index contributed by atoms with van der Waals surface area (Å²) >= 11 is 0. The molecule has 0 aliphatic rings. The summed E-state index contributed by atoms with van der Waals surface area (Å²) in [5.41, 5.74) is 1.74. The number of ether oxygens (including phenoxy) is 1. The molecule has 0 amide bonds. The third-order valence-corrected chi connectivity index (χ3v) is 2.50. The van der Waals surface area contributed by atoms with Crippen molar-refractivity contribution in [3.63, 3.8) is 0 Å².